The van der Waals surface area contributed by atoms with Gasteiger partial charge in [-0.3, -0.25) is 14.3 Å². The number of H-pyrrole nitrogens is 1. The molecule has 1 aliphatic rings. The number of nitrogens with one attached hydrogen (secondary N) is 2. The Hall–Kier alpha value is -1.82. The fourth-order valence-corrected chi connectivity index (χ4v) is 5.10. The van der Waals surface area contributed by atoms with E-state index < -0.39 is 37.3 Å². The summed E-state index contributed by atoms with van der Waals surface area (Å²) in [4.78, 5) is 22.7. The maximum Gasteiger partial charge on any atom is 0.361 e. The highest BCUT2D eigenvalue weighted by Gasteiger charge is 2.39. The number of imidazole rings is 1. The number of rotatable bonds is 9. The van der Waals surface area contributed by atoms with E-state index in [0.29, 0.717) is 18.7 Å². The van der Waals surface area contributed by atoms with E-state index in [9.17, 15) is 14.5 Å². The van der Waals surface area contributed by atoms with Crippen LogP contribution in [0.4, 0.5) is 5.95 Å². The third kappa shape index (κ3) is 4.90. The lowest BCUT2D eigenvalue weighted by Gasteiger charge is -2.28. The van der Waals surface area contributed by atoms with Crippen molar-refractivity contribution in [2.24, 2.45) is 0 Å². The van der Waals surface area contributed by atoms with Crippen LogP contribution >= 0.6 is 7.60 Å². The van der Waals surface area contributed by atoms with Crippen molar-refractivity contribution in [3.05, 3.63) is 16.7 Å². The number of aromatic amines is 1. The Morgan fingerprint density at radius 1 is 1.30 bits per heavy atom. The molecule has 5 N–H and O–H groups in total. The maximum absolute atomic E-state index is 13.0. The summed E-state index contributed by atoms with van der Waals surface area (Å²) in [6, 6.07) is -0.257. The number of hydrogen-bond donors (Lipinski definition) is 4. The zero-order valence-electron chi connectivity index (χ0n) is 17.4. The van der Waals surface area contributed by atoms with E-state index in [4.69, 9.17) is 19.5 Å². The molecule has 0 aromatic carbocycles. The highest BCUT2D eigenvalue weighted by molar-refractivity contribution is 7.54. The van der Waals surface area contributed by atoms with Crippen molar-refractivity contribution in [3.8, 4) is 0 Å². The maximum atomic E-state index is 13.0. The van der Waals surface area contributed by atoms with Crippen LogP contribution < -0.4 is 16.6 Å². The van der Waals surface area contributed by atoms with E-state index >= 15 is 0 Å². The summed E-state index contributed by atoms with van der Waals surface area (Å²) in [6.45, 7) is 7.62. The quantitative estimate of drug-likeness (QED) is 0.402. The van der Waals surface area contributed by atoms with Crippen LogP contribution in [0.25, 0.3) is 11.2 Å². The predicted molar refractivity (Wildman–Crippen MR) is 110 cm³/mol. The van der Waals surface area contributed by atoms with Gasteiger partial charge in [-0.05, 0) is 27.7 Å². The van der Waals surface area contributed by atoms with Crippen LogP contribution in [-0.2, 0) is 18.3 Å². The zero-order valence-corrected chi connectivity index (χ0v) is 18.3. The minimum Gasteiger partial charge on any atom is -0.378 e. The number of aliphatic hydroxyl groups is 1. The fraction of sp³-hybridized carbons (Fsp3) is 0.706. The molecule has 1 saturated heterocycles. The molecule has 30 heavy (non-hydrogen) atoms. The molecule has 0 bridgehead atoms. The van der Waals surface area contributed by atoms with Crippen molar-refractivity contribution >= 4 is 24.7 Å². The molecule has 3 heterocycles. The molecule has 0 amide bonds. The minimum atomic E-state index is -3.79. The normalized spacial score (nSPS) is 21.2. The second-order valence-corrected chi connectivity index (χ2v) is 9.80. The Morgan fingerprint density at radius 3 is 2.60 bits per heavy atom. The molecule has 0 unspecified atom stereocenters. The first-order chi connectivity index (χ1) is 14.1. The molecule has 1 fully saturated rings. The number of anilines is 1. The lowest BCUT2D eigenvalue weighted by atomic mass is 10.2. The first-order valence-electron chi connectivity index (χ1n) is 9.80. The fourth-order valence-electron chi connectivity index (χ4n) is 3.33. The van der Waals surface area contributed by atoms with Gasteiger partial charge in [0.15, 0.2) is 17.0 Å². The molecule has 0 saturated carbocycles. The van der Waals surface area contributed by atoms with Gasteiger partial charge in [0.25, 0.3) is 5.56 Å². The third-order valence-electron chi connectivity index (χ3n) is 4.48. The average molecular weight is 444 g/mol. The lowest BCUT2D eigenvalue weighted by molar-refractivity contribution is -0.00600. The molecule has 0 radical (unpaired) electrons. The van der Waals surface area contributed by atoms with Crippen molar-refractivity contribution in [1.29, 1.82) is 0 Å². The van der Waals surface area contributed by atoms with Crippen LogP contribution in [0.1, 0.15) is 33.7 Å². The number of nitrogen functional groups attached to an aromatic ring is 1. The molecule has 13 heteroatoms. The number of hydrogen-bond acceptors (Lipinski definition) is 10. The topological polar surface area (TPSA) is 167 Å². The van der Waals surface area contributed by atoms with Crippen molar-refractivity contribution in [2.75, 3.05) is 25.4 Å². The molecule has 168 valence electrons. The van der Waals surface area contributed by atoms with E-state index in [1.807, 2.05) is 0 Å². The van der Waals surface area contributed by atoms with Gasteiger partial charge in [0.2, 0.25) is 5.95 Å². The Morgan fingerprint density at radius 2 is 1.97 bits per heavy atom. The number of aliphatic hydroxyl groups excluding tert-OH is 1. The second-order valence-electron chi connectivity index (χ2n) is 7.70. The summed E-state index contributed by atoms with van der Waals surface area (Å²) < 4.78 is 31.5. The Kier molecular flexibility index (Phi) is 6.95. The van der Waals surface area contributed by atoms with Gasteiger partial charge in [-0.1, -0.05) is 0 Å². The van der Waals surface area contributed by atoms with E-state index in [1.165, 1.54) is 6.33 Å². The van der Waals surface area contributed by atoms with Gasteiger partial charge in [-0.2, -0.15) is 4.98 Å². The van der Waals surface area contributed by atoms with Gasteiger partial charge in [0.05, 0.1) is 37.3 Å². The van der Waals surface area contributed by atoms with E-state index in [2.05, 4.69) is 20.3 Å². The summed E-state index contributed by atoms with van der Waals surface area (Å²) in [5, 5.41) is 13.7. The summed E-state index contributed by atoms with van der Waals surface area (Å²) >= 11 is 0. The van der Waals surface area contributed by atoms with Gasteiger partial charge in [-0.25, -0.2) is 4.98 Å². The Bertz CT molecular complexity index is 961. The van der Waals surface area contributed by atoms with Gasteiger partial charge in [0, 0.05) is 13.1 Å². The van der Waals surface area contributed by atoms with Gasteiger partial charge in [-0.15, -0.1) is 0 Å². The lowest BCUT2D eigenvalue weighted by Crippen LogP contribution is -2.30. The zero-order chi connectivity index (χ0) is 22.1. The Labute approximate surface area is 173 Å². The highest BCUT2D eigenvalue weighted by Crippen LogP contribution is 2.54. The standard InChI is InChI=1S/C17H29N6O6P/c1-9(2)28-30(26,29-10(3)4)13(24)7-27-12-6-19-5-11(12)23-8-20-14-15(23)21-17(18)22-16(14)25/h8-13,19,24H,5-7H2,1-4H3,(H3,18,21,22,25)/t11-,12-,13-/m1/s1. The Balaban J connectivity index is 1.75. The minimum absolute atomic E-state index is 0.00861. The van der Waals surface area contributed by atoms with E-state index in [1.54, 1.807) is 32.3 Å². The molecule has 3 atom stereocenters. The van der Waals surface area contributed by atoms with Gasteiger partial charge in [0.1, 0.15) is 0 Å². The van der Waals surface area contributed by atoms with Crippen LogP contribution in [0.5, 0.6) is 0 Å². The number of ether oxygens (including phenoxy) is 1. The van der Waals surface area contributed by atoms with Gasteiger partial charge >= 0.3 is 7.60 Å². The summed E-state index contributed by atoms with van der Waals surface area (Å²) in [7, 11) is -3.79. The first-order valence-corrected chi connectivity index (χ1v) is 11.4. The summed E-state index contributed by atoms with van der Waals surface area (Å²) in [5.41, 5.74) is 5.76. The molecule has 1 aliphatic heterocycles. The van der Waals surface area contributed by atoms with Crippen LogP contribution in [0.15, 0.2) is 11.1 Å². The first kappa shape index (κ1) is 22.9. The monoisotopic (exact) mass is 444 g/mol. The smallest absolute Gasteiger partial charge is 0.361 e. The highest BCUT2D eigenvalue weighted by atomic mass is 31.2. The molecular formula is C17H29N6O6P. The molecular weight excluding hydrogens is 415 g/mol. The molecule has 2 aromatic heterocycles. The van der Waals surface area contributed by atoms with E-state index in [0.717, 1.165) is 0 Å². The van der Waals surface area contributed by atoms with Crippen LogP contribution in [0.3, 0.4) is 0 Å². The summed E-state index contributed by atoms with van der Waals surface area (Å²) in [6.07, 6.45) is 0.325. The second kappa shape index (κ2) is 9.13. The van der Waals surface area contributed by atoms with Crippen LogP contribution in [-0.4, -0.2) is 68.5 Å². The number of fused-ring (bicyclic) bond motifs is 1. The SMILES string of the molecule is CC(C)OP(=O)(OC(C)C)[C@@H](O)CO[C@@H]1CNC[C@H]1n1cnc2c(=O)[nH]c(N)nc21. The number of aromatic nitrogens is 4. The molecule has 12 nitrogen and oxygen atoms in total. The molecule has 0 aliphatic carbocycles. The van der Waals surface area contributed by atoms with Crippen molar-refractivity contribution < 1.29 is 23.5 Å². The van der Waals surface area contributed by atoms with Crippen molar-refractivity contribution in [1.82, 2.24) is 24.8 Å². The van der Waals surface area contributed by atoms with Crippen LogP contribution in [0.2, 0.25) is 0 Å². The third-order valence-corrected chi connectivity index (χ3v) is 6.79. The average Bonchev–Trinajstić information content (AvgIpc) is 3.24. The largest absolute Gasteiger partial charge is 0.378 e. The molecule has 0 spiro atoms. The number of nitrogens with zero attached hydrogens (tertiary/aromatic N) is 3. The molecule has 2 aromatic rings. The van der Waals surface area contributed by atoms with Crippen molar-refractivity contribution in [2.45, 2.75) is 57.9 Å². The summed E-state index contributed by atoms with van der Waals surface area (Å²) in [5.74, 6) is -1.45. The molecule has 3 rings (SSSR count). The van der Waals surface area contributed by atoms with Gasteiger partial charge < -0.3 is 34.5 Å². The van der Waals surface area contributed by atoms with Crippen LogP contribution in [0, 0.1) is 0 Å². The van der Waals surface area contributed by atoms with Crippen molar-refractivity contribution in [3.63, 3.8) is 0 Å². The predicted octanol–water partition coefficient (Wildman–Crippen LogP) is 0.593. The number of nitrogens with two attached hydrogens (primary N) is 1. The van der Waals surface area contributed by atoms with E-state index in [-0.39, 0.29) is 24.1 Å².